The molecule has 3 rings (SSSR count). The second-order valence-electron chi connectivity index (χ2n) is 6.65. The molecule has 1 unspecified atom stereocenters. The molecular formula is C20H20ClF3N2O3. The van der Waals surface area contributed by atoms with Crippen LogP contribution in [0.1, 0.15) is 16.8 Å². The molecule has 0 aromatic heterocycles. The van der Waals surface area contributed by atoms with Crippen molar-refractivity contribution in [3.8, 4) is 11.5 Å². The van der Waals surface area contributed by atoms with E-state index in [0.717, 1.165) is 18.7 Å². The first-order chi connectivity index (χ1) is 13.7. The van der Waals surface area contributed by atoms with Crippen LogP contribution >= 0.6 is 11.6 Å². The molecule has 0 aliphatic carbocycles. The van der Waals surface area contributed by atoms with Gasteiger partial charge in [-0.2, -0.15) is 13.2 Å². The molecule has 0 spiro atoms. The van der Waals surface area contributed by atoms with Gasteiger partial charge in [0, 0.05) is 29.7 Å². The molecule has 1 fully saturated rings. The summed E-state index contributed by atoms with van der Waals surface area (Å²) in [5.41, 5.74) is 1.21. The van der Waals surface area contributed by atoms with Crippen molar-refractivity contribution in [3.63, 3.8) is 0 Å². The SMILES string of the molecule is COc1ccc(Cl)cc1N1CCC(NC(=O)c2ccc(OCC(F)(F)F)cc2)C1. The topological polar surface area (TPSA) is 50.8 Å². The fourth-order valence-electron chi connectivity index (χ4n) is 3.14. The van der Waals surface area contributed by atoms with E-state index in [2.05, 4.69) is 15.0 Å². The number of carbonyl (C=O) groups is 1. The summed E-state index contributed by atoms with van der Waals surface area (Å²) in [6.45, 7) is -0.0511. The van der Waals surface area contributed by atoms with Gasteiger partial charge in [0.15, 0.2) is 6.61 Å². The predicted molar refractivity (Wildman–Crippen MR) is 104 cm³/mol. The van der Waals surface area contributed by atoms with Crippen molar-refractivity contribution in [2.75, 3.05) is 31.7 Å². The molecule has 1 amide bonds. The standard InChI is InChI=1S/C20H20ClF3N2O3/c1-28-18-7-4-14(21)10-17(18)26-9-8-15(11-26)25-19(27)13-2-5-16(6-3-13)29-12-20(22,23)24/h2-7,10,15H,8-9,11-12H2,1H3,(H,25,27). The van der Waals surface area contributed by atoms with Crippen LogP contribution in [0.25, 0.3) is 0 Å². The first kappa shape index (κ1) is 21.1. The Morgan fingerprint density at radius 1 is 1.24 bits per heavy atom. The van der Waals surface area contributed by atoms with Gasteiger partial charge < -0.3 is 19.7 Å². The highest BCUT2D eigenvalue weighted by molar-refractivity contribution is 6.30. The number of methoxy groups -OCH3 is 1. The third-order valence-electron chi connectivity index (χ3n) is 4.52. The van der Waals surface area contributed by atoms with E-state index >= 15 is 0 Å². The molecule has 29 heavy (non-hydrogen) atoms. The third kappa shape index (κ3) is 5.69. The first-order valence-electron chi connectivity index (χ1n) is 8.94. The van der Waals surface area contributed by atoms with E-state index < -0.39 is 12.8 Å². The van der Waals surface area contributed by atoms with E-state index in [1.165, 1.54) is 24.3 Å². The molecule has 9 heteroatoms. The molecular weight excluding hydrogens is 409 g/mol. The van der Waals surface area contributed by atoms with Crippen molar-refractivity contribution in [2.24, 2.45) is 0 Å². The van der Waals surface area contributed by atoms with E-state index in [9.17, 15) is 18.0 Å². The van der Waals surface area contributed by atoms with Gasteiger partial charge in [0.05, 0.1) is 12.8 Å². The zero-order valence-corrected chi connectivity index (χ0v) is 16.4. The van der Waals surface area contributed by atoms with Crippen molar-refractivity contribution in [2.45, 2.75) is 18.6 Å². The minimum Gasteiger partial charge on any atom is -0.495 e. The number of amides is 1. The fourth-order valence-corrected chi connectivity index (χ4v) is 3.31. The molecule has 0 bridgehead atoms. The lowest BCUT2D eigenvalue weighted by molar-refractivity contribution is -0.153. The number of halogens is 4. The van der Waals surface area contributed by atoms with Crippen molar-refractivity contribution in [3.05, 3.63) is 53.1 Å². The fraction of sp³-hybridized carbons (Fsp3) is 0.350. The molecule has 1 aliphatic heterocycles. The van der Waals surface area contributed by atoms with Crippen LogP contribution in [0.2, 0.25) is 5.02 Å². The lowest BCUT2D eigenvalue weighted by Gasteiger charge is -2.21. The highest BCUT2D eigenvalue weighted by Gasteiger charge is 2.29. The van der Waals surface area contributed by atoms with Gasteiger partial charge in [-0.3, -0.25) is 4.79 Å². The van der Waals surface area contributed by atoms with Crippen LogP contribution in [-0.4, -0.2) is 44.9 Å². The maximum absolute atomic E-state index is 12.5. The number of ether oxygens (including phenoxy) is 2. The van der Waals surface area contributed by atoms with Crippen LogP contribution in [0.3, 0.4) is 0 Å². The van der Waals surface area contributed by atoms with E-state index in [0.29, 0.717) is 22.9 Å². The Labute approximate surface area is 171 Å². The van der Waals surface area contributed by atoms with E-state index in [1.54, 1.807) is 19.2 Å². The number of hydrogen-bond donors (Lipinski definition) is 1. The zero-order valence-electron chi connectivity index (χ0n) is 15.6. The minimum atomic E-state index is -4.41. The highest BCUT2D eigenvalue weighted by Crippen LogP contribution is 2.33. The molecule has 0 saturated carbocycles. The zero-order chi connectivity index (χ0) is 21.0. The summed E-state index contributed by atoms with van der Waals surface area (Å²) >= 11 is 6.09. The van der Waals surface area contributed by atoms with Crippen LogP contribution < -0.4 is 19.7 Å². The van der Waals surface area contributed by atoms with Gasteiger partial charge in [-0.15, -0.1) is 0 Å². The largest absolute Gasteiger partial charge is 0.495 e. The number of alkyl halides is 3. The van der Waals surface area contributed by atoms with Crippen molar-refractivity contribution in [1.82, 2.24) is 5.32 Å². The number of hydrogen-bond acceptors (Lipinski definition) is 4. The van der Waals surface area contributed by atoms with Gasteiger partial charge in [0.25, 0.3) is 5.91 Å². The molecule has 1 aliphatic rings. The normalized spacial score (nSPS) is 16.6. The van der Waals surface area contributed by atoms with E-state index in [1.807, 2.05) is 6.07 Å². The summed E-state index contributed by atoms with van der Waals surface area (Å²) in [5.74, 6) is 0.465. The summed E-state index contributed by atoms with van der Waals surface area (Å²) < 4.78 is 46.6. The van der Waals surface area contributed by atoms with Crippen LogP contribution in [0.4, 0.5) is 18.9 Å². The lowest BCUT2D eigenvalue weighted by Crippen LogP contribution is -2.37. The van der Waals surface area contributed by atoms with Crippen LogP contribution in [0.15, 0.2) is 42.5 Å². The molecule has 1 atom stereocenters. The number of nitrogens with zero attached hydrogens (tertiary/aromatic N) is 1. The summed E-state index contributed by atoms with van der Waals surface area (Å²) in [7, 11) is 1.59. The van der Waals surface area contributed by atoms with Crippen LogP contribution in [0, 0.1) is 0 Å². The number of rotatable bonds is 6. The molecule has 0 radical (unpaired) electrons. The summed E-state index contributed by atoms with van der Waals surface area (Å²) in [6, 6.07) is 10.9. The molecule has 1 saturated heterocycles. The maximum atomic E-state index is 12.5. The Kier molecular flexibility index (Phi) is 6.42. The van der Waals surface area contributed by atoms with Crippen molar-refractivity contribution >= 4 is 23.2 Å². The van der Waals surface area contributed by atoms with E-state index in [-0.39, 0.29) is 17.7 Å². The molecule has 156 valence electrons. The maximum Gasteiger partial charge on any atom is 0.422 e. The minimum absolute atomic E-state index is 0.0546. The summed E-state index contributed by atoms with van der Waals surface area (Å²) in [5, 5.41) is 3.55. The predicted octanol–water partition coefficient (Wildman–Crippen LogP) is 4.30. The smallest absolute Gasteiger partial charge is 0.422 e. The Morgan fingerprint density at radius 2 is 1.97 bits per heavy atom. The highest BCUT2D eigenvalue weighted by atomic mass is 35.5. The second kappa shape index (κ2) is 8.82. The van der Waals surface area contributed by atoms with Gasteiger partial charge in [-0.05, 0) is 48.9 Å². The summed E-state index contributed by atoms with van der Waals surface area (Å²) in [6.07, 6.45) is -3.66. The Morgan fingerprint density at radius 3 is 2.62 bits per heavy atom. The quantitative estimate of drug-likeness (QED) is 0.745. The molecule has 1 heterocycles. The number of nitrogens with one attached hydrogen (secondary N) is 1. The van der Waals surface area contributed by atoms with Gasteiger partial charge in [-0.1, -0.05) is 11.6 Å². The molecule has 1 N–H and O–H groups in total. The van der Waals surface area contributed by atoms with Gasteiger partial charge >= 0.3 is 6.18 Å². The lowest BCUT2D eigenvalue weighted by atomic mass is 10.2. The van der Waals surface area contributed by atoms with Crippen molar-refractivity contribution in [1.29, 1.82) is 0 Å². The molecule has 2 aromatic carbocycles. The Balaban J connectivity index is 1.57. The second-order valence-corrected chi connectivity index (χ2v) is 7.09. The number of benzene rings is 2. The van der Waals surface area contributed by atoms with Crippen LogP contribution in [-0.2, 0) is 0 Å². The van der Waals surface area contributed by atoms with Gasteiger partial charge in [0.1, 0.15) is 11.5 Å². The average Bonchev–Trinajstić information content (AvgIpc) is 3.14. The Hall–Kier alpha value is -2.61. The van der Waals surface area contributed by atoms with Gasteiger partial charge in [0.2, 0.25) is 0 Å². The van der Waals surface area contributed by atoms with Crippen LogP contribution in [0.5, 0.6) is 11.5 Å². The number of carbonyl (C=O) groups excluding carboxylic acids is 1. The summed E-state index contributed by atoms with van der Waals surface area (Å²) in [4.78, 5) is 14.5. The van der Waals surface area contributed by atoms with Crippen molar-refractivity contribution < 1.29 is 27.4 Å². The molecule has 2 aromatic rings. The third-order valence-corrected chi connectivity index (χ3v) is 4.76. The number of anilines is 1. The first-order valence-corrected chi connectivity index (χ1v) is 9.32. The monoisotopic (exact) mass is 428 g/mol. The Bertz CT molecular complexity index is 859. The average molecular weight is 429 g/mol. The van der Waals surface area contributed by atoms with Gasteiger partial charge in [-0.25, -0.2) is 0 Å². The van der Waals surface area contributed by atoms with E-state index in [4.69, 9.17) is 16.3 Å². The molecule has 5 nitrogen and oxygen atoms in total.